The van der Waals surface area contributed by atoms with Crippen molar-refractivity contribution < 1.29 is 22.6 Å². The monoisotopic (exact) mass is 528 g/mol. The van der Waals surface area contributed by atoms with Crippen LogP contribution in [0.2, 0.25) is 0 Å². The Morgan fingerprint density at radius 3 is 2.84 bits per heavy atom. The second-order valence-electron chi connectivity index (χ2n) is 10.3. The number of benzene rings is 1. The minimum atomic E-state index is -4.19. The highest BCUT2D eigenvalue weighted by Crippen LogP contribution is 2.29. The van der Waals surface area contributed by atoms with Gasteiger partial charge in [-0.3, -0.25) is 4.40 Å². The van der Waals surface area contributed by atoms with Crippen LogP contribution in [-0.2, 0) is 15.9 Å². The number of nitrogens with one attached hydrogen (secondary N) is 2. The van der Waals surface area contributed by atoms with Gasteiger partial charge in [0.05, 0.1) is 31.6 Å². The van der Waals surface area contributed by atoms with Crippen molar-refractivity contribution >= 4 is 5.65 Å². The summed E-state index contributed by atoms with van der Waals surface area (Å²) >= 11 is 0. The van der Waals surface area contributed by atoms with Gasteiger partial charge in [0.15, 0.2) is 5.88 Å². The predicted octanol–water partition coefficient (Wildman–Crippen LogP) is 5.59. The third-order valence-electron chi connectivity index (χ3n) is 7.27. The molecular formula is C29H35F3N4O2. The molecule has 2 atom stereocenters. The van der Waals surface area contributed by atoms with Gasteiger partial charge in [-0.15, -0.1) is 0 Å². The Morgan fingerprint density at radius 2 is 2.03 bits per heavy atom. The predicted molar refractivity (Wildman–Crippen MR) is 141 cm³/mol. The second kappa shape index (κ2) is 11.8. The smallest absolute Gasteiger partial charge is 0.401 e. The summed E-state index contributed by atoms with van der Waals surface area (Å²) in [7, 11) is 0. The van der Waals surface area contributed by atoms with E-state index in [1.54, 1.807) is 6.92 Å². The van der Waals surface area contributed by atoms with Crippen molar-refractivity contribution in [1.29, 1.82) is 0 Å². The molecule has 9 heteroatoms. The number of fused-ring (bicyclic) bond motifs is 1. The summed E-state index contributed by atoms with van der Waals surface area (Å²) < 4.78 is 51.1. The molecule has 2 aliphatic heterocycles. The number of allylic oxidation sites excluding steroid dienone is 1. The molecule has 2 N–H and O–H groups in total. The van der Waals surface area contributed by atoms with Crippen LogP contribution in [0.15, 0.2) is 60.8 Å². The molecule has 1 aromatic carbocycles. The van der Waals surface area contributed by atoms with Crippen LogP contribution in [0.3, 0.4) is 0 Å². The molecule has 3 aromatic rings. The van der Waals surface area contributed by atoms with Crippen molar-refractivity contribution in [3.8, 4) is 11.3 Å². The van der Waals surface area contributed by atoms with Gasteiger partial charge in [-0.05, 0) is 61.6 Å². The van der Waals surface area contributed by atoms with Crippen LogP contribution in [0.1, 0.15) is 49.7 Å². The molecule has 6 nitrogen and oxygen atoms in total. The third-order valence-corrected chi connectivity index (χ3v) is 7.27. The van der Waals surface area contributed by atoms with Gasteiger partial charge >= 0.3 is 6.18 Å². The number of aromatic nitrogens is 2. The first-order valence-electron chi connectivity index (χ1n) is 13.4. The van der Waals surface area contributed by atoms with Crippen LogP contribution in [0.25, 0.3) is 16.9 Å². The molecule has 0 aliphatic carbocycles. The minimum absolute atomic E-state index is 0.203. The van der Waals surface area contributed by atoms with E-state index < -0.39 is 12.7 Å². The van der Waals surface area contributed by atoms with Crippen molar-refractivity contribution in [2.24, 2.45) is 0 Å². The highest BCUT2D eigenvalue weighted by molar-refractivity contribution is 5.65. The number of imidazole rings is 1. The molecule has 204 valence electrons. The third kappa shape index (κ3) is 6.88. The van der Waals surface area contributed by atoms with Crippen molar-refractivity contribution in [3.05, 3.63) is 71.9 Å². The molecule has 1 fully saturated rings. The Labute approximate surface area is 221 Å². The van der Waals surface area contributed by atoms with Crippen LogP contribution < -0.4 is 10.6 Å². The van der Waals surface area contributed by atoms with Gasteiger partial charge in [-0.2, -0.15) is 13.2 Å². The molecular weight excluding hydrogens is 493 g/mol. The first kappa shape index (κ1) is 26.6. The summed E-state index contributed by atoms with van der Waals surface area (Å²) in [6.45, 7) is 3.19. The molecule has 2 aromatic heterocycles. The zero-order valence-electron chi connectivity index (χ0n) is 21.6. The second-order valence-corrected chi connectivity index (χ2v) is 10.3. The van der Waals surface area contributed by atoms with Gasteiger partial charge in [0, 0.05) is 43.1 Å². The van der Waals surface area contributed by atoms with Gasteiger partial charge in [0.25, 0.3) is 0 Å². The molecule has 38 heavy (non-hydrogen) atoms. The molecule has 0 spiro atoms. The highest BCUT2D eigenvalue weighted by atomic mass is 19.4. The van der Waals surface area contributed by atoms with E-state index in [2.05, 4.69) is 50.5 Å². The largest absolute Gasteiger partial charge is 0.476 e. The number of hydrogen-bond acceptors (Lipinski definition) is 5. The fourth-order valence-electron chi connectivity index (χ4n) is 5.10. The van der Waals surface area contributed by atoms with E-state index in [1.807, 2.05) is 24.4 Å². The van der Waals surface area contributed by atoms with Gasteiger partial charge < -0.3 is 20.1 Å². The lowest BCUT2D eigenvalue weighted by Gasteiger charge is -2.28. The van der Waals surface area contributed by atoms with Crippen LogP contribution >= 0.6 is 0 Å². The van der Waals surface area contributed by atoms with Crippen LogP contribution in [0.5, 0.6) is 0 Å². The topological polar surface area (TPSA) is 59.8 Å². The molecule has 2 aliphatic rings. The van der Waals surface area contributed by atoms with Crippen molar-refractivity contribution in [2.45, 2.75) is 63.3 Å². The molecule has 0 radical (unpaired) electrons. The molecule has 0 saturated carbocycles. The van der Waals surface area contributed by atoms with Gasteiger partial charge in [0.1, 0.15) is 11.8 Å². The van der Waals surface area contributed by atoms with Crippen LogP contribution in [-0.4, -0.2) is 54.0 Å². The number of rotatable bonds is 9. The summed E-state index contributed by atoms with van der Waals surface area (Å²) in [5.41, 5.74) is 5.20. The van der Waals surface area contributed by atoms with E-state index >= 15 is 0 Å². The van der Waals surface area contributed by atoms with E-state index in [0.29, 0.717) is 12.8 Å². The van der Waals surface area contributed by atoms with E-state index in [4.69, 9.17) is 9.47 Å². The molecule has 0 amide bonds. The Morgan fingerprint density at radius 1 is 1.18 bits per heavy atom. The summed E-state index contributed by atoms with van der Waals surface area (Å²) in [6, 6.07) is 12.2. The standard InChI is InChI=1S/C29H35F3N4O2/c1-20(35-19-29(30,31)32)5-6-21-3-2-4-24(15-21)26-18-34-27-16-23(8-12-36(26)27)22-7-11-33-28(17-22)38-25-9-13-37-14-10-25/h2-4,8,12,15-18,20,22,25,33,35H,5-7,9-11,13-14,19H2,1H3. The maximum Gasteiger partial charge on any atom is 0.401 e. The molecule has 5 rings (SSSR count). The summed E-state index contributed by atoms with van der Waals surface area (Å²) in [6.07, 6.45) is 6.29. The lowest BCUT2D eigenvalue weighted by molar-refractivity contribution is -0.126. The van der Waals surface area contributed by atoms with Crippen molar-refractivity contribution in [2.75, 3.05) is 26.3 Å². The Bertz CT molecular complexity index is 1250. The maximum atomic E-state index is 12.5. The quantitative estimate of drug-likeness (QED) is 0.379. The van der Waals surface area contributed by atoms with Crippen molar-refractivity contribution in [1.82, 2.24) is 20.0 Å². The fraction of sp³-hybridized carbons (Fsp3) is 0.483. The number of nitrogens with zero attached hydrogens (tertiary/aromatic N) is 2. The van der Waals surface area contributed by atoms with Gasteiger partial charge in [-0.1, -0.05) is 18.2 Å². The molecule has 0 bridgehead atoms. The van der Waals surface area contributed by atoms with E-state index in [1.165, 1.54) is 5.56 Å². The lowest BCUT2D eigenvalue weighted by Crippen LogP contribution is -2.35. The number of halogens is 3. The Kier molecular flexibility index (Phi) is 8.24. The maximum absolute atomic E-state index is 12.5. The first-order valence-corrected chi connectivity index (χ1v) is 13.4. The highest BCUT2D eigenvalue weighted by Gasteiger charge is 2.27. The van der Waals surface area contributed by atoms with E-state index in [0.717, 1.165) is 67.4 Å². The first-order chi connectivity index (χ1) is 18.3. The molecule has 1 saturated heterocycles. The fourth-order valence-corrected chi connectivity index (χ4v) is 5.10. The molecule has 2 unspecified atom stereocenters. The van der Waals surface area contributed by atoms with Crippen molar-refractivity contribution in [3.63, 3.8) is 0 Å². The van der Waals surface area contributed by atoms with E-state index in [-0.39, 0.29) is 18.1 Å². The van der Waals surface area contributed by atoms with Crippen LogP contribution in [0, 0.1) is 0 Å². The Hall–Kier alpha value is -3.04. The average Bonchev–Trinajstić information content (AvgIpc) is 3.35. The van der Waals surface area contributed by atoms with Gasteiger partial charge in [-0.25, -0.2) is 4.98 Å². The zero-order chi connectivity index (χ0) is 26.5. The van der Waals surface area contributed by atoms with Gasteiger partial charge in [0.2, 0.25) is 0 Å². The normalized spacial score (nSPS) is 19.7. The number of alkyl halides is 3. The number of ether oxygens (including phenoxy) is 2. The zero-order valence-corrected chi connectivity index (χ0v) is 21.6. The summed E-state index contributed by atoms with van der Waals surface area (Å²) in [5.74, 6) is 1.12. The lowest BCUT2D eigenvalue weighted by atomic mass is 9.94. The molecule has 4 heterocycles. The van der Waals surface area contributed by atoms with E-state index in [9.17, 15) is 13.2 Å². The van der Waals surface area contributed by atoms with Crippen LogP contribution in [0.4, 0.5) is 13.2 Å². The number of aryl methyl sites for hydroxylation is 1. The summed E-state index contributed by atoms with van der Waals surface area (Å²) in [5, 5.41) is 5.94. The summed E-state index contributed by atoms with van der Waals surface area (Å²) in [4.78, 5) is 4.68. The SMILES string of the molecule is CC(CCc1cccc(-c2cnc3cc(C4C=C(OC5CCOCC5)NCC4)ccn23)c1)NCC(F)(F)F. The number of pyridine rings is 1. The number of hydrogen-bond donors (Lipinski definition) is 2. The minimum Gasteiger partial charge on any atom is -0.476 e. The Balaban J connectivity index is 1.26. The average molecular weight is 529 g/mol.